The van der Waals surface area contributed by atoms with E-state index in [1.165, 1.54) is 0 Å². The Hall–Kier alpha value is -0.690. The van der Waals surface area contributed by atoms with Gasteiger partial charge in [-0.25, -0.2) is 4.68 Å². The molecule has 2 rings (SSSR count). The van der Waals surface area contributed by atoms with Crippen molar-refractivity contribution < 1.29 is 4.52 Å². The maximum Gasteiger partial charge on any atom is 0.218 e. The first-order valence-corrected chi connectivity index (χ1v) is 5.42. The molecule has 0 radical (unpaired) electrons. The summed E-state index contributed by atoms with van der Waals surface area (Å²) in [6, 6.07) is 1.86. The predicted molar refractivity (Wildman–Crippen MR) is 55.8 cm³/mol. The summed E-state index contributed by atoms with van der Waals surface area (Å²) in [5.41, 5.74) is 0.820. The molecule has 2 aromatic rings. The van der Waals surface area contributed by atoms with Crippen LogP contribution in [0, 0.1) is 6.92 Å². The maximum absolute atomic E-state index is 4.94. The van der Waals surface area contributed by atoms with Crippen LogP contribution in [0.3, 0.4) is 0 Å². The number of hydrogen-bond donors (Lipinski definition) is 0. The van der Waals surface area contributed by atoms with E-state index < -0.39 is 0 Å². The van der Waals surface area contributed by atoms with E-state index in [4.69, 9.17) is 4.52 Å². The van der Waals surface area contributed by atoms with Crippen LogP contribution >= 0.6 is 31.9 Å². The third-order valence-corrected chi connectivity index (χ3v) is 2.51. The summed E-state index contributed by atoms with van der Waals surface area (Å²) in [5.74, 6) is 0.787. The Balaban J connectivity index is 2.22. The van der Waals surface area contributed by atoms with Gasteiger partial charge in [0.2, 0.25) is 4.73 Å². The van der Waals surface area contributed by atoms with Gasteiger partial charge in [0, 0.05) is 6.07 Å². The molecule has 2 heterocycles. The Morgan fingerprint density at radius 3 is 2.79 bits per heavy atom. The Kier molecular flexibility index (Phi) is 2.69. The number of halogens is 2. The van der Waals surface area contributed by atoms with Crippen LogP contribution in [0.25, 0.3) is 0 Å². The lowest BCUT2D eigenvalue weighted by Crippen LogP contribution is -2.02. The van der Waals surface area contributed by atoms with E-state index >= 15 is 0 Å². The number of aryl methyl sites for hydroxylation is 1. The number of rotatable bonds is 2. The second-order valence-electron chi connectivity index (χ2n) is 2.74. The van der Waals surface area contributed by atoms with Gasteiger partial charge in [-0.15, -0.1) is 5.10 Å². The van der Waals surface area contributed by atoms with Crippen LogP contribution in [-0.2, 0) is 6.54 Å². The lowest BCUT2D eigenvalue weighted by atomic mass is 10.4. The molecule has 0 saturated carbocycles. The van der Waals surface area contributed by atoms with Gasteiger partial charge in [0.05, 0.1) is 6.54 Å². The normalized spacial score (nSPS) is 10.8. The monoisotopic (exact) mass is 320 g/mol. The van der Waals surface area contributed by atoms with Gasteiger partial charge in [-0.1, -0.05) is 5.16 Å². The lowest BCUT2D eigenvalue weighted by Gasteiger charge is -1.95. The van der Waals surface area contributed by atoms with Gasteiger partial charge in [-0.05, 0) is 38.8 Å². The van der Waals surface area contributed by atoms with Crippen molar-refractivity contribution in [3.05, 3.63) is 27.0 Å². The van der Waals surface area contributed by atoms with Crippen molar-refractivity contribution in [3.63, 3.8) is 0 Å². The Labute approximate surface area is 96.7 Å². The molecule has 0 aliphatic rings. The smallest absolute Gasteiger partial charge is 0.218 e. The van der Waals surface area contributed by atoms with E-state index in [2.05, 4.69) is 47.1 Å². The zero-order valence-corrected chi connectivity index (χ0v) is 10.4. The van der Waals surface area contributed by atoms with Crippen LogP contribution < -0.4 is 0 Å². The second-order valence-corrected chi connectivity index (χ2v) is 4.15. The summed E-state index contributed by atoms with van der Waals surface area (Å²) in [6.45, 7) is 2.39. The molecule has 7 heteroatoms. The van der Waals surface area contributed by atoms with Gasteiger partial charge in [0.25, 0.3) is 0 Å². The van der Waals surface area contributed by atoms with Crippen LogP contribution in [0.4, 0.5) is 0 Å². The number of nitrogens with zero attached hydrogens (tertiary/aromatic N) is 4. The number of hydrogen-bond acceptors (Lipinski definition) is 4. The highest BCUT2D eigenvalue weighted by Crippen LogP contribution is 2.13. The Morgan fingerprint density at radius 1 is 1.50 bits per heavy atom. The molecule has 74 valence electrons. The van der Waals surface area contributed by atoms with Crippen LogP contribution in [-0.4, -0.2) is 19.9 Å². The molecular formula is C7H6Br2N4O. The van der Waals surface area contributed by atoms with Crippen molar-refractivity contribution in [1.29, 1.82) is 0 Å². The van der Waals surface area contributed by atoms with Gasteiger partial charge >= 0.3 is 0 Å². The topological polar surface area (TPSA) is 56.7 Å². The van der Waals surface area contributed by atoms with Crippen LogP contribution in [0.15, 0.2) is 20.1 Å². The van der Waals surface area contributed by atoms with Crippen molar-refractivity contribution in [1.82, 2.24) is 19.9 Å². The van der Waals surface area contributed by atoms with Gasteiger partial charge in [-0.2, -0.15) is 4.98 Å². The lowest BCUT2D eigenvalue weighted by molar-refractivity contribution is 0.387. The van der Waals surface area contributed by atoms with E-state index in [9.17, 15) is 0 Å². The molecule has 14 heavy (non-hydrogen) atoms. The molecule has 0 N–H and O–H groups in total. The van der Waals surface area contributed by atoms with Gasteiger partial charge in [-0.3, -0.25) is 0 Å². The van der Waals surface area contributed by atoms with E-state index in [-0.39, 0.29) is 0 Å². The zero-order chi connectivity index (χ0) is 10.1. The first-order valence-electron chi connectivity index (χ1n) is 3.83. The molecule has 0 bridgehead atoms. The van der Waals surface area contributed by atoms with Crippen LogP contribution in [0.5, 0.6) is 0 Å². The summed E-state index contributed by atoms with van der Waals surface area (Å²) in [6.07, 6.45) is 0. The molecule has 0 amide bonds. The Morgan fingerprint density at radius 2 is 2.29 bits per heavy atom. The van der Waals surface area contributed by atoms with Gasteiger partial charge < -0.3 is 4.52 Å². The first kappa shape index (κ1) is 9.85. The van der Waals surface area contributed by atoms with Crippen LogP contribution in [0.2, 0.25) is 0 Å². The fraction of sp³-hybridized carbons (Fsp3) is 0.286. The molecule has 0 atom stereocenters. The summed E-state index contributed by atoms with van der Waals surface area (Å²) in [7, 11) is 0. The Bertz CT molecular complexity index is 450. The second kappa shape index (κ2) is 3.82. The molecule has 0 aliphatic carbocycles. The van der Waals surface area contributed by atoms with Crippen molar-refractivity contribution in [2.24, 2.45) is 0 Å². The van der Waals surface area contributed by atoms with Crippen LogP contribution in [0.1, 0.15) is 11.5 Å². The van der Waals surface area contributed by atoms with Crippen molar-refractivity contribution in [3.8, 4) is 0 Å². The molecule has 0 saturated heterocycles. The highest BCUT2D eigenvalue weighted by Gasteiger charge is 2.07. The molecule has 2 aromatic heterocycles. The van der Waals surface area contributed by atoms with Gasteiger partial charge in [0.1, 0.15) is 11.5 Å². The van der Waals surface area contributed by atoms with E-state index in [0.717, 1.165) is 11.5 Å². The molecule has 0 spiro atoms. The largest absolute Gasteiger partial charge is 0.361 e. The van der Waals surface area contributed by atoms with E-state index in [1.807, 2.05) is 13.0 Å². The minimum atomic E-state index is 0.538. The minimum absolute atomic E-state index is 0.538. The molecule has 0 aliphatic heterocycles. The fourth-order valence-electron chi connectivity index (χ4n) is 1.04. The average Bonchev–Trinajstić information content (AvgIpc) is 2.61. The SMILES string of the molecule is Cc1cc(Cn2nc(Br)nc2Br)no1. The van der Waals surface area contributed by atoms with Crippen molar-refractivity contribution >= 4 is 31.9 Å². The zero-order valence-electron chi connectivity index (χ0n) is 7.24. The maximum atomic E-state index is 4.94. The first-order chi connectivity index (χ1) is 6.65. The van der Waals surface area contributed by atoms with Gasteiger partial charge in [0.15, 0.2) is 4.73 Å². The summed E-state index contributed by atoms with van der Waals surface area (Å²) >= 11 is 6.47. The fourth-order valence-corrected chi connectivity index (χ4v) is 2.01. The van der Waals surface area contributed by atoms with Crippen molar-refractivity contribution in [2.45, 2.75) is 13.5 Å². The molecule has 0 unspecified atom stereocenters. The standard InChI is InChI=1S/C7H6Br2N4O/c1-4-2-5(12-14-4)3-13-7(9)10-6(8)11-13/h2H,3H2,1H3. The molecule has 5 nitrogen and oxygen atoms in total. The summed E-state index contributed by atoms with van der Waals surface area (Å²) in [4.78, 5) is 4.04. The average molecular weight is 322 g/mol. The number of aromatic nitrogens is 4. The molecular weight excluding hydrogens is 316 g/mol. The molecule has 0 fully saturated rings. The molecule has 0 aromatic carbocycles. The highest BCUT2D eigenvalue weighted by atomic mass is 79.9. The predicted octanol–water partition coefficient (Wildman–Crippen LogP) is 2.15. The third-order valence-electron chi connectivity index (χ3n) is 1.59. The highest BCUT2D eigenvalue weighted by molar-refractivity contribution is 9.11. The minimum Gasteiger partial charge on any atom is -0.361 e. The van der Waals surface area contributed by atoms with E-state index in [0.29, 0.717) is 16.0 Å². The summed E-state index contributed by atoms with van der Waals surface area (Å²) < 4.78 is 7.83. The summed E-state index contributed by atoms with van der Waals surface area (Å²) in [5, 5.41) is 7.97. The quantitative estimate of drug-likeness (QED) is 0.850. The van der Waals surface area contributed by atoms with Crippen molar-refractivity contribution in [2.75, 3.05) is 0 Å². The third kappa shape index (κ3) is 2.03. The van der Waals surface area contributed by atoms with E-state index in [1.54, 1.807) is 4.68 Å².